The fourth-order valence-corrected chi connectivity index (χ4v) is 6.27. The van der Waals surface area contributed by atoms with E-state index in [1.807, 2.05) is 6.92 Å². The Morgan fingerprint density at radius 3 is 2.49 bits per heavy atom. The van der Waals surface area contributed by atoms with Gasteiger partial charge in [-0.25, -0.2) is 19.3 Å². The molecular formula is C33H42N6O7S. The van der Waals surface area contributed by atoms with E-state index in [1.165, 1.54) is 23.7 Å². The smallest absolute Gasteiger partial charge is 0.339 e. The first kappa shape index (κ1) is 35.5. The Bertz CT molecular complexity index is 1620. The molecule has 3 aromatic rings. The number of aromatic nitrogens is 2. The minimum absolute atomic E-state index is 0.00286. The van der Waals surface area contributed by atoms with Crippen LogP contribution in [0.15, 0.2) is 83.8 Å². The summed E-state index contributed by atoms with van der Waals surface area (Å²) in [5.41, 5.74) is 0.709. The maximum atomic E-state index is 13.4. The second-order valence-electron chi connectivity index (χ2n) is 11.1. The number of aliphatic hydroxyl groups is 1. The molecule has 252 valence electrons. The van der Waals surface area contributed by atoms with Crippen molar-refractivity contribution in [2.24, 2.45) is 5.92 Å². The molecule has 3 atom stereocenters. The molecule has 13 nitrogen and oxygen atoms in total. The molecule has 1 aliphatic heterocycles. The molecule has 0 aliphatic carbocycles. The molecule has 1 aliphatic rings. The van der Waals surface area contributed by atoms with E-state index < -0.39 is 22.2 Å². The Balaban J connectivity index is 1.23. The van der Waals surface area contributed by atoms with Gasteiger partial charge in [-0.15, -0.1) is 0 Å². The van der Waals surface area contributed by atoms with Gasteiger partial charge in [-0.2, -0.15) is 0 Å². The number of ether oxygens (including phenoxy) is 4. The van der Waals surface area contributed by atoms with Gasteiger partial charge >= 0.3 is 12.4 Å². The topological polar surface area (TPSA) is 180 Å². The average molecular weight is 667 g/mol. The lowest BCUT2D eigenvalue weighted by molar-refractivity contribution is -0.233. The highest BCUT2D eigenvalue weighted by Gasteiger charge is 2.36. The Morgan fingerprint density at radius 1 is 0.957 bits per heavy atom. The van der Waals surface area contributed by atoms with Crippen LogP contribution in [0.25, 0.3) is 5.76 Å². The summed E-state index contributed by atoms with van der Waals surface area (Å²) in [5.74, 6) is -0.367. The predicted octanol–water partition coefficient (Wildman–Crippen LogP) is 5.45. The maximum absolute atomic E-state index is 13.4. The molecule has 3 heterocycles. The van der Waals surface area contributed by atoms with E-state index >= 15 is 0 Å². The van der Waals surface area contributed by atoms with Crippen molar-refractivity contribution in [1.82, 2.24) is 14.3 Å². The molecule has 0 fully saturated rings. The minimum Gasteiger partial charge on any atom is -0.462 e. The van der Waals surface area contributed by atoms with Gasteiger partial charge in [-0.05, 0) is 74.9 Å². The van der Waals surface area contributed by atoms with Crippen molar-refractivity contribution in [3.8, 4) is 0 Å². The van der Waals surface area contributed by atoms with Crippen LogP contribution in [-0.2, 0) is 33.5 Å². The first-order valence-corrected chi connectivity index (χ1v) is 16.9. The van der Waals surface area contributed by atoms with Crippen molar-refractivity contribution in [2.45, 2.75) is 57.0 Å². The highest BCUT2D eigenvalue weighted by molar-refractivity contribution is 7.91. The molecule has 4 N–H and O–H groups in total. The number of fused-ring (bicyclic) bond motifs is 1. The third-order valence-corrected chi connectivity index (χ3v) is 9.50. The normalized spacial score (nSPS) is 15.7. The lowest BCUT2D eigenvalue weighted by Crippen LogP contribution is -2.37. The molecular weight excluding hydrogens is 624 g/mol. The standard InChI is InChI=1S/C33H42N6O7S/c1-23(15-20-44-32(41)25-11-8-17-36-22-25)10-9-19-43-24(2)16-21-45-33(42)46-30-26-12-4-5-13-27(26)47(34,35)39(3)29(30)31(40)38-28-14-6-7-18-37-28/h4-8,11-14,17-18,22-24,33-35,42H,9-10,15-16,19-21H2,1-3H3,(H,37,38,40). The lowest BCUT2D eigenvalue weighted by Gasteiger charge is -2.35. The number of esters is 1. The number of carbonyl (C=O) groups excluding carboxylic acids is 2. The van der Waals surface area contributed by atoms with Crippen molar-refractivity contribution < 1.29 is 33.6 Å². The molecule has 2 aromatic heterocycles. The van der Waals surface area contributed by atoms with Crippen LogP contribution >= 0.6 is 0 Å². The van der Waals surface area contributed by atoms with Crippen molar-refractivity contribution in [1.29, 1.82) is 9.56 Å². The zero-order valence-electron chi connectivity index (χ0n) is 26.8. The van der Waals surface area contributed by atoms with Crippen LogP contribution in [0.1, 0.15) is 55.5 Å². The summed E-state index contributed by atoms with van der Waals surface area (Å²) in [6.45, 7) is 3.32. The van der Waals surface area contributed by atoms with Crippen LogP contribution in [0, 0.1) is 15.5 Å². The number of nitrogens with one attached hydrogen (secondary N) is 3. The second kappa shape index (κ2) is 17.0. The number of rotatable bonds is 17. The summed E-state index contributed by atoms with van der Waals surface area (Å²) < 4.78 is 41.4. The quantitative estimate of drug-likeness (QED) is 0.0822. The van der Waals surface area contributed by atoms with Gasteiger partial charge in [0.25, 0.3) is 5.91 Å². The Labute approximate surface area is 275 Å². The third-order valence-electron chi connectivity index (χ3n) is 7.50. The number of likely N-dealkylation sites (N-methyl/N-ethyl adjacent to an activating group) is 1. The molecule has 47 heavy (non-hydrogen) atoms. The summed E-state index contributed by atoms with van der Waals surface area (Å²) in [7, 11) is -1.61. The van der Waals surface area contributed by atoms with E-state index in [1.54, 1.807) is 60.8 Å². The number of pyridine rings is 2. The van der Waals surface area contributed by atoms with Gasteiger partial charge in [-0.3, -0.25) is 14.1 Å². The van der Waals surface area contributed by atoms with Crippen LogP contribution in [0.4, 0.5) is 5.82 Å². The van der Waals surface area contributed by atoms with E-state index in [-0.39, 0.29) is 36.0 Å². The number of carbonyl (C=O) groups is 2. The molecule has 1 amide bonds. The number of anilines is 1. The molecule has 0 saturated heterocycles. The van der Waals surface area contributed by atoms with Crippen LogP contribution < -0.4 is 5.32 Å². The van der Waals surface area contributed by atoms with Crippen LogP contribution in [0.3, 0.4) is 0 Å². The van der Waals surface area contributed by atoms with Crippen LogP contribution in [-0.4, -0.2) is 70.7 Å². The van der Waals surface area contributed by atoms with E-state index in [4.69, 9.17) is 28.5 Å². The summed E-state index contributed by atoms with van der Waals surface area (Å²) >= 11 is 0. The van der Waals surface area contributed by atoms with Crippen molar-refractivity contribution in [2.75, 3.05) is 32.2 Å². The van der Waals surface area contributed by atoms with E-state index in [2.05, 4.69) is 22.2 Å². The molecule has 0 radical (unpaired) electrons. The van der Waals surface area contributed by atoms with E-state index in [0.717, 1.165) is 19.3 Å². The van der Waals surface area contributed by atoms with Crippen molar-refractivity contribution in [3.63, 3.8) is 0 Å². The molecule has 4 rings (SSSR count). The lowest BCUT2D eigenvalue weighted by atomic mass is 10.0. The first-order valence-electron chi connectivity index (χ1n) is 15.4. The highest BCUT2D eigenvalue weighted by Crippen LogP contribution is 2.38. The third kappa shape index (κ3) is 9.81. The van der Waals surface area contributed by atoms with Gasteiger partial charge in [-0.1, -0.05) is 25.1 Å². The van der Waals surface area contributed by atoms with E-state index in [9.17, 15) is 14.7 Å². The number of nitrogens with zero attached hydrogens (tertiary/aromatic N) is 3. The number of hydrogen-bond donors (Lipinski definition) is 4. The number of aliphatic hydroxyl groups excluding tert-OH is 1. The summed E-state index contributed by atoms with van der Waals surface area (Å²) in [4.78, 5) is 33.9. The van der Waals surface area contributed by atoms with E-state index in [0.29, 0.717) is 41.6 Å². The molecule has 1 aromatic carbocycles. The molecule has 0 saturated carbocycles. The first-order chi connectivity index (χ1) is 22.6. The maximum Gasteiger partial charge on any atom is 0.339 e. The fourth-order valence-electron chi connectivity index (χ4n) is 4.78. The number of hydrogen-bond acceptors (Lipinski definition) is 11. The van der Waals surface area contributed by atoms with Gasteiger partial charge in [0.05, 0.1) is 29.8 Å². The average Bonchev–Trinajstić information content (AvgIpc) is 3.06. The van der Waals surface area contributed by atoms with Gasteiger partial charge in [0, 0.05) is 47.6 Å². The predicted molar refractivity (Wildman–Crippen MR) is 176 cm³/mol. The van der Waals surface area contributed by atoms with Crippen molar-refractivity contribution >= 4 is 33.3 Å². The fraction of sp³-hybridized carbons (Fsp3) is 0.394. The molecule has 0 spiro atoms. The number of amides is 1. The monoisotopic (exact) mass is 666 g/mol. The molecule has 0 bridgehead atoms. The second-order valence-corrected chi connectivity index (χ2v) is 13.2. The summed E-state index contributed by atoms with van der Waals surface area (Å²) in [6.07, 6.45) is 7.47. The number of benzene rings is 1. The van der Waals surface area contributed by atoms with Crippen LogP contribution in [0.2, 0.25) is 0 Å². The largest absolute Gasteiger partial charge is 0.462 e. The zero-order valence-corrected chi connectivity index (χ0v) is 27.6. The van der Waals surface area contributed by atoms with Gasteiger partial charge in [0.1, 0.15) is 5.82 Å². The van der Waals surface area contributed by atoms with Gasteiger partial charge < -0.3 is 29.4 Å². The van der Waals surface area contributed by atoms with Gasteiger partial charge in [0.2, 0.25) is 0 Å². The van der Waals surface area contributed by atoms with Crippen molar-refractivity contribution in [3.05, 3.63) is 90.0 Å². The Kier molecular flexibility index (Phi) is 12.8. The summed E-state index contributed by atoms with van der Waals surface area (Å²) in [5, 5.41) is 13.4. The zero-order chi connectivity index (χ0) is 33.8. The highest BCUT2D eigenvalue weighted by atomic mass is 32.2. The summed E-state index contributed by atoms with van der Waals surface area (Å²) in [6, 6.07) is 15.1. The SMILES string of the molecule is CC(CCCOC(C)CCOC(O)OC1=C(C(=O)Nc2ccccn2)N(C)S(=N)(=N)c2ccccc21)CCOC(=O)c1cccnc1. The van der Waals surface area contributed by atoms with Crippen LogP contribution in [0.5, 0.6) is 0 Å². The Morgan fingerprint density at radius 2 is 1.74 bits per heavy atom. The Hall–Kier alpha value is -4.37. The minimum atomic E-state index is -3.09. The van der Waals surface area contributed by atoms with Gasteiger partial charge in [0.15, 0.2) is 11.5 Å². The molecule has 3 unspecified atom stereocenters. The molecule has 14 heteroatoms.